The summed E-state index contributed by atoms with van der Waals surface area (Å²) in [6.07, 6.45) is 0.362. The number of amides is 2. The minimum absolute atomic E-state index is 0.0279. The van der Waals surface area contributed by atoms with E-state index in [-0.39, 0.29) is 11.8 Å². The molecule has 0 aromatic heterocycles. The molecule has 1 aromatic rings. The number of rotatable bonds is 7. The molecule has 0 unspecified atom stereocenters. The zero-order valence-electron chi connectivity index (χ0n) is 17.5. The minimum Gasteiger partial charge on any atom is -0.372 e. The van der Waals surface area contributed by atoms with Crippen LogP contribution < -0.4 is 9.80 Å². The summed E-state index contributed by atoms with van der Waals surface area (Å²) in [5.74, 6) is 0.103. The lowest BCUT2D eigenvalue weighted by atomic mass is 10.1. The van der Waals surface area contributed by atoms with Crippen molar-refractivity contribution in [2.45, 2.75) is 34.1 Å². The van der Waals surface area contributed by atoms with Gasteiger partial charge in [-0.15, -0.1) is 0 Å². The van der Waals surface area contributed by atoms with Crippen LogP contribution >= 0.6 is 0 Å². The Morgan fingerprint density at radius 1 is 1.07 bits per heavy atom. The first-order valence-electron chi connectivity index (χ1n) is 9.97. The Morgan fingerprint density at radius 3 is 2.22 bits per heavy atom. The molecule has 0 bridgehead atoms. The number of carbonyl (C=O) groups excluding carboxylic acids is 2. The summed E-state index contributed by atoms with van der Waals surface area (Å²) in [6, 6.07) is 6.19. The van der Waals surface area contributed by atoms with E-state index in [1.165, 1.54) is 5.69 Å². The van der Waals surface area contributed by atoms with Gasteiger partial charge >= 0.3 is 0 Å². The van der Waals surface area contributed by atoms with Crippen molar-refractivity contribution in [1.82, 2.24) is 9.80 Å². The van der Waals surface area contributed by atoms with Crippen molar-refractivity contribution in [3.05, 3.63) is 23.8 Å². The van der Waals surface area contributed by atoms with E-state index in [1.807, 2.05) is 17.9 Å². The highest BCUT2D eigenvalue weighted by Crippen LogP contribution is 2.26. The normalized spacial score (nSPS) is 14.9. The van der Waals surface area contributed by atoms with E-state index in [9.17, 15) is 9.59 Å². The summed E-state index contributed by atoms with van der Waals surface area (Å²) in [4.78, 5) is 32.9. The van der Waals surface area contributed by atoms with Gasteiger partial charge in [-0.3, -0.25) is 9.59 Å². The van der Waals surface area contributed by atoms with Crippen LogP contribution in [-0.2, 0) is 9.59 Å². The molecular weight excluding hydrogens is 340 g/mol. The van der Waals surface area contributed by atoms with Gasteiger partial charge in [0.1, 0.15) is 0 Å². The summed E-state index contributed by atoms with van der Waals surface area (Å²) in [6.45, 7) is 13.6. The standard InChI is InChI=1S/C21H34N4O2/c1-6-23(7-2)19-8-9-20(17(3)16-19)25(18(4)26)11-10-21(27)24-14-12-22(5)13-15-24/h8-9,16H,6-7,10-15H2,1-5H3. The highest BCUT2D eigenvalue weighted by Gasteiger charge is 2.21. The van der Waals surface area contributed by atoms with Gasteiger partial charge < -0.3 is 19.6 Å². The van der Waals surface area contributed by atoms with Crippen LogP contribution in [-0.4, -0.2) is 74.5 Å². The molecule has 6 nitrogen and oxygen atoms in total. The van der Waals surface area contributed by atoms with Gasteiger partial charge in [0.2, 0.25) is 11.8 Å². The first kappa shape index (κ1) is 21.2. The Balaban J connectivity index is 2.06. The van der Waals surface area contributed by atoms with Crippen molar-refractivity contribution in [2.24, 2.45) is 0 Å². The van der Waals surface area contributed by atoms with Crippen LogP contribution in [0.3, 0.4) is 0 Å². The zero-order chi connectivity index (χ0) is 20.0. The van der Waals surface area contributed by atoms with Crippen LogP contribution in [0.15, 0.2) is 18.2 Å². The number of carbonyl (C=O) groups is 2. The molecule has 0 radical (unpaired) electrons. The van der Waals surface area contributed by atoms with Gasteiger partial charge in [0.25, 0.3) is 0 Å². The molecule has 1 aliphatic heterocycles. The van der Waals surface area contributed by atoms with Crippen LogP contribution in [0.2, 0.25) is 0 Å². The number of anilines is 2. The largest absolute Gasteiger partial charge is 0.372 e. The predicted octanol–water partition coefficient (Wildman–Crippen LogP) is 2.36. The topological polar surface area (TPSA) is 47.1 Å². The van der Waals surface area contributed by atoms with E-state index in [0.717, 1.165) is 50.5 Å². The van der Waals surface area contributed by atoms with E-state index in [1.54, 1.807) is 11.8 Å². The molecule has 150 valence electrons. The molecular formula is C21H34N4O2. The molecule has 1 saturated heterocycles. The summed E-state index contributed by atoms with van der Waals surface area (Å²) < 4.78 is 0. The van der Waals surface area contributed by atoms with Gasteiger partial charge in [-0.2, -0.15) is 0 Å². The second-order valence-corrected chi connectivity index (χ2v) is 7.25. The zero-order valence-corrected chi connectivity index (χ0v) is 17.5. The van der Waals surface area contributed by atoms with Crippen LogP contribution in [0.4, 0.5) is 11.4 Å². The maximum absolute atomic E-state index is 12.5. The van der Waals surface area contributed by atoms with Crippen molar-refractivity contribution in [3.63, 3.8) is 0 Å². The molecule has 27 heavy (non-hydrogen) atoms. The van der Waals surface area contributed by atoms with E-state index < -0.39 is 0 Å². The highest BCUT2D eigenvalue weighted by atomic mass is 16.2. The van der Waals surface area contributed by atoms with Gasteiger partial charge in [0, 0.05) is 70.5 Å². The third-order valence-corrected chi connectivity index (χ3v) is 5.39. The van der Waals surface area contributed by atoms with E-state index in [4.69, 9.17) is 0 Å². The van der Waals surface area contributed by atoms with Crippen LogP contribution in [0.25, 0.3) is 0 Å². The smallest absolute Gasteiger partial charge is 0.224 e. The van der Waals surface area contributed by atoms with E-state index in [2.05, 4.69) is 42.8 Å². The van der Waals surface area contributed by atoms with Crippen molar-refractivity contribution in [1.29, 1.82) is 0 Å². The Labute approximate surface area is 163 Å². The first-order valence-corrected chi connectivity index (χ1v) is 9.97. The molecule has 2 amide bonds. The number of aryl methyl sites for hydroxylation is 1. The lowest BCUT2D eigenvalue weighted by Gasteiger charge is -2.33. The number of hydrogen-bond acceptors (Lipinski definition) is 4. The van der Waals surface area contributed by atoms with Crippen LogP contribution in [0.1, 0.15) is 32.8 Å². The molecule has 0 atom stereocenters. The maximum Gasteiger partial charge on any atom is 0.224 e. The molecule has 2 rings (SSSR count). The second kappa shape index (κ2) is 9.74. The lowest BCUT2D eigenvalue weighted by molar-refractivity contribution is -0.132. The van der Waals surface area contributed by atoms with Gasteiger partial charge in [0.15, 0.2) is 0 Å². The number of benzene rings is 1. The van der Waals surface area contributed by atoms with Gasteiger partial charge in [-0.1, -0.05) is 0 Å². The van der Waals surface area contributed by atoms with Gasteiger partial charge in [0.05, 0.1) is 0 Å². The van der Waals surface area contributed by atoms with E-state index >= 15 is 0 Å². The lowest BCUT2D eigenvalue weighted by Crippen LogP contribution is -2.48. The van der Waals surface area contributed by atoms with Crippen molar-refractivity contribution >= 4 is 23.2 Å². The molecule has 0 spiro atoms. The molecule has 1 aliphatic rings. The Bertz CT molecular complexity index is 650. The SMILES string of the molecule is CCN(CC)c1ccc(N(CCC(=O)N2CCN(C)CC2)C(C)=O)c(C)c1. The molecule has 0 saturated carbocycles. The monoisotopic (exact) mass is 374 g/mol. The van der Waals surface area contributed by atoms with Crippen molar-refractivity contribution in [3.8, 4) is 0 Å². The maximum atomic E-state index is 12.5. The minimum atomic E-state index is -0.0279. The molecule has 1 heterocycles. The number of piperazine rings is 1. The Morgan fingerprint density at radius 2 is 1.70 bits per heavy atom. The second-order valence-electron chi connectivity index (χ2n) is 7.25. The third-order valence-electron chi connectivity index (χ3n) is 5.39. The summed E-state index contributed by atoms with van der Waals surface area (Å²) in [5, 5.41) is 0. The van der Waals surface area contributed by atoms with Gasteiger partial charge in [-0.05, 0) is 51.6 Å². The summed E-state index contributed by atoms with van der Waals surface area (Å²) >= 11 is 0. The van der Waals surface area contributed by atoms with Crippen molar-refractivity contribution in [2.75, 3.05) is 62.7 Å². The Hall–Kier alpha value is -2.08. The number of likely N-dealkylation sites (N-methyl/N-ethyl adjacent to an activating group) is 1. The fourth-order valence-corrected chi connectivity index (χ4v) is 3.60. The summed E-state index contributed by atoms with van der Waals surface area (Å²) in [5.41, 5.74) is 3.12. The van der Waals surface area contributed by atoms with Crippen LogP contribution in [0.5, 0.6) is 0 Å². The number of hydrogen-bond donors (Lipinski definition) is 0. The molecule has 0 N–H and O–H groups in total. The van der Waals surface area contributed by atoms with E-state index in [0.29, 0.717) is 13.0 Å². The van der Waals surface area contributed by atoms with Gasteiger partial charge in [-0.25, -0.2) is 0 Å². The third kappa shape index (κ3) is 5.45. The Kier molecular flexibility index (Phi) is 7.66. The fourth-order valence-electron chi connectivity index (χ4n) is 3.60. The molecule has 1 aromatic carbocycles. The molecule has 1 fully saturated rings. The van der Waals surface area contributed by atoms with Crippen LogP contribution in [0, 0.1) is 6.92 Å². The molecule has 6 heteroatoms. The van der Waals surface area contributed by atoms with Crippen molar-refractivity contribution < 1.29 is 9.59 Å². The average molecular weight is 375 g/mol. The summed E-state index contributed by atoms with van der Waals surface area (Å²) in [7, 11) is 2.07. The predicted molar refractivity (Wildman–Crippen MR) is 111 cm³/mol. The average Bonchev–Trinajstić information content (AvgIpc) is 2.64. The first-order chi connectivity index (χ1) is 12.9. The quantitative estimate of drug-likeness (QED) is 0.735. The number of nitrogens with zero attached hydrogens (tertiary/aromatic N) is 4. The fraction of sp³-hybridized carbons (Fsp3) is 0.619. The highest BCUT2D eigenvalue weighted by molar-refractivity contribution is 5.93. The molecule has 0 aliphatic carbocycles.